The van der Waals surface area contributed by atoms with Crippen molar-refractivity contribution in [3.05, 3.63) is 96.2 Å². The molecule has 0 aliphatic carbocycles. The second kappa shape index (κ2) is 13.9. The third-order valence-corrected chi connectivity index (χ3v) is 7.58. The second-order valence-corrected chi connectivity index (χ2v) is 11.1. The van der Waals surface area contributed by atoms with Crippen LogP contribution in [0.15, 0.2) is 90.0 Å². The Labute approximate surface area is 235 Å². The van der Waals surface area contributed by atoms with Crippen molar-refractivity contribution in [3.63, 3.8) is 0 Å². The van der Waals surface area contributed by atoms with E-state index in [9.17, 15) is 9.59 Å². The van der Waals surface area contributed by atoms with Crippen molar-refractivity contribution in [1.82, 2.24) is 14.8 Å². The molecule has 4 aromatic rings. The van der Waals surface area contributed by atoms with E-state index in [4.69, 9.17) is 4.74 Å². The van der Waals surface area contributed by atoms with Gasteiger partial charge in [-0.2, -0.15) is 0 Å². The molecule has 0 fully saturated rings. The number of hydrogen-bond donors (Lipinski definition) is 1. The number of methoxy groups -OCH3 is 1. The van der Waals surface area contributed by atoms with Crippen LogP contribution in [0, 0.1) is 5.92 Å². The van der Waals surface area contributed by atoms with Gasteiger partial charge in [-0.25, -0.2) is 0 Å². The number of carbonyl (C=O) groups is 2. The summed E-state index contributed by atoms with van der Waals surface area (Å²) in [4.78, 5) is 35.0. The van der Waals surface area contributed by atoms with Crippen molar-refractivity contribution in [2.75, 3.05) is 32.5 Å². The van der Waals surface area contributed by atoms with Gasteiger partial charge in [0.25, 0.3) is 0 Å². The van der Waals surface area contributed by atoms with Crippen molar-refractivity contribution in [1.29, 1.82) is 0 Å². The minimum Gasteiger partial charge on any atom is -0.497 e. The molecule has 4 rings (SSSR count). The van der Waals surface area contributed by atoms with E-state index in [-0.39, 0.29) is 24.3 Å². The summed E-state index contributed by atoms with van der Waals surface area (Å²) in [5, 5.41) is 1.17. The number of rotatable bonds is 13. The Kier molecular flexibility index (Phi) is 10.1. The summed E-state index contributed by atoms with van der Waals surface area (Å²) < 4.78 is 5.30. The van der Waals surface area contributed by atoms with Crippen molar-refractivity contribution in [3.8, 4) is 5.75 Å². The summed E-state index contributed by atoms with van der Waals surface area (Å²) in [6, 6.07) is 25.9. The number of ether oxygens (including phenoxy) is 1. The van der Waals surface area contributed by atoms with Gasteiger partial charge in [-0.05, 0) is 53.8 Å². The topological polar surface area (TPSA) is 65.6 Å². The Morgan fingerprint density at radius 2 is 1.62 bits per heavy atom. The summed E-state index contributed by atoms with van der Waals surface area (Å²) in [6.45, 7) is 5.76. The van der Waals surface area contributed by atoms with Crippen LogP contribution in [0.3, 0.4) is 0 Å². The standard InChI is InChI=1S/C32H37N3O3S/c1-24(2)20-35(32(37)23-39-28-9-5-4-6-10-28)22-31(36)34(21-25-13-15-27(38-3)16-14-25)18-17-26-19-33-30-12-8-7-11-29(26)30/h4-16,19,24,33H,17-18,20-23H2,1-3H3. The highest BCUT2D eigenvalue weighted by molar-refractivity contribution is 8.00. The predicted molar refractivity (Wildman–Crippen MR) is 159 cm³/mol. The van der Waals surface area contributed by atoms with Gasteiger partial charge in [-0.15, -0.1) is 11.8 Å². The first-order chi connectivity index (χ1) is 18.9. The molecule has 1 heterocycles. The predicted octanol–water partition coefficient (Wildman–Crippen LogP) is 6.02. The van der Waals surface area contributed by atoms with Gasteiger partial charge in [0, 0.05) is 41.6 Å². The van der Waals surface area contributed by atoms with Gasteiger partial charge in [0.05, 0.1) is 19.4 Å². The first kappa shape index (κ1) is 28.3. The van der Waals surface area contributed by atoms with E-state index in [1.165, 1.54) is 22.7 Å². The summed E-state index contributed by atoms with van der Waals surface area (Å²) in [5.74, 6) is 1.26. The second-order valence-electron chi connectivity index (χ2n) is 10.0. The number of aromatic nitrogens is 1. The van der Waals surface area contributed by atoms with E-state index < -0.39 is 0 Å². The largest absolute Gasteiger partial charge is 0.497 e. The SMILES string of the molecule is COc1ccc(CN(CCc2c[nH]c3ccccc23)C(=O)CN(CC(C)C)C(=O)CSc2ccccc2)cc1. The molecule has 0 spiro atoms. The van der Waals surface area contributed by atoms with E-state index in [0.717, 1.165) is 21.7 Å². The molecule has 1 N–H and O–H groups in total. The number of H-pyrrole nitrogens is 1. The summed E-state index contributed by atoms with van der Waals surface area (Å²) in [6.07, 6.45) is 2.74. The van der Waals surface area contributed by atoms with Crippen molar-refractivity contribution in [2.45, 2.75) is 31.7 Å². The van der Waals surface area contributed by atoms with Gasteiger partial charge < -0.3 is 19.5 Å². The maximum absolute atomic E-state index is 13.8. The number of benzene rings is 3. The average Bonchev–Trinajstić information content (AvgIpc) is 3.37. The zero-order valence-corrected chi connectivity index (χ0v) is 23.7. The van der Waals surface area contributed by atoms with E-state index >= 15 is 0 Å². The highest BCUT2D eigenvalue weighted by Gasteiger charge is 2.23. The Hall–Kier alpha value is -3.71. The summed E-state index contributed by atoms with van der Waals surface area (Å²) in [5.41, 5.74) is 3.28. The molecule has 2 amide bonds. The Balaban J connectivity index is 1.48. The van der Waals surface area contributed by atoms with Crippen LogP contribution in [0.2, 0.25) is 0 Å². The normalized spacial score (nSPS) is 11.1. The lowest BCUT2D eigenvalue weighted by atomic mass is 10.1. The van der Waals surface area contributed by atoms with Crippen LogP contribution in [0.4, 0.5) is 0 Å². The fourth-order valence-electron chi connectivity index (χ4n) is 4.55. The fraction of sp³-hybridized carbons (Fsp3) is 0.312. The van der Waals surface area contributed by atoms with Gasteiger partial charge in [-0.3, -0.25) is 9.59 Å². The number of thioether (sulfide) groups is 1. The molecule has 6 nitrogen and oxygen atoms in total. The number of nitrogens with zero attached hydrogens (tertiary/aromatic N) is 2. The van der Waals surface area contributed by atoms with E-state index in [1.54, 1.807) is 12.0 Å². The van der Waals surface area contributed by atoms with Crippen LogP contribution in [-0.4, -0.2) is 59.1 Å². The zero-order valence-electron chi connectivity index (χ0n) is 22.9. The molecule has 0 unspecified atom stereocenters. The molecule has 204 valence electrons. The van der Waals surface area contributed by atoms with E-state index in [1.807, 2.05) is 77.8 Å². The highest BCUT2D eigenvalue weighted by Crippen LogP contribution is 2.21. The van der Waals surface area contributed by atoms with Crippen LogP contribution in [0.5, 0.6) is 5.75 Å². The molecule has 1 aromatic heterocycles. The van der Waals surface area contributed by atoms with E-state index in [2.05, 4.69) is 31.0 Å². The average molecular weight is 544 g/mol. The molecule has 0 radical (unpaired) electrons. The molecular formula is C32H37N3O3S. The number of aromatic amines is 1. The van der Waals surface area contributed by atoms with Crippen LogP contribution in [-0.2, 0) is 22.6 Å². The highest BCUT2D eigenvalue weighted by atomic mass is 32.2. The fourth-order valence-corrected chi connectivity index (χ4v) is 5.37. The maximum Gasteiger partial charge on any atom is 0.242 e. The quantitative estimate of drug-likeness (QED) is 0.209. The molecule has 0 aliphatic heterocycles. The number of hydrogen-bond acceptors (Lipinski definition) is 4. The number of para-hydroxylation sites is 1. The van der Waals surface area contributed by atoms with Crippen LogP contribution in [0.25, 0.3) is 10.9 Å². The van der Waals surface area contributed by atoms with Crippen LogP contribution in [0.1, 0.15) is 25.0 Å². The van der Waals surface area contributed by atoms with Gasteiger partial charge in [0.15, 0.2) is 0 Å². The minimum atomic E-state index is -0.0515. The molecule has 3 aromatic carbocycles. The molecular weight excluding hydrogens is 506 g/mol. The molecule has 0 atom stereocenters. The summed E-state index contributed by atoms with van der Waals surface area (Å²) >= 11 is 1.50. The maximum atomic E-state index is 13.8. The number of nitrogens with one attached hydrogen (secondary N) is 1. The third kappa shape index (κ3) is 8.14. The van der Waals surface area contributed by atoms with Gasteiger partial charge >= 0.3 is 0 Å². The molecule has 39 heavy (non-hydrogen) atoms. The third-order valence-electron chi connectivity index (χ3n) is 6.58. The molecule has 7 heteroatoms. The first-order valence-electron chi connectivity index (χ1n) is 13.3. The van der Waals surface area contributed by atoms with Gasteiger partial charge in [0.1, 0.15) is 5.75 Å². The number of fused-ring (bicyclic) bond motifs is 1. The molecule has 0 saturated heterocycles. The van der Waals surface area contributed by atoms with Crippen molar-refractivity contribution >= 4 is 34.5 Å². The Bertz CT molecular complexity index is 1350. The van der Waals surface area contributed by atoms with Crippen molar-refractivity contribution < 1.29 is 14.3 Å². The van der Waals surface area contributed by atoms with E-state index in [0.29, 0.717) is 31.8 Å². The molecule has 0 bridgehead atoms. The van der Waals surface area contributed by atoms with Crippen molar-refractivity contribution in [2.24, 2.45) is 5.92 Å². The lowest BCUT2D eigenvalue weighted by Gasteiger charge is -2.29. The van der Waals surface area contributed by atoms with Crippen LogP contribution >= 0.6 is 11.8 Å². The molecule has 0 saturated carbocycles. The zero-order chi connectivity index (χ0) is 27.6. The number of carbonyl (C=O) groups excluding carboxylic acids is 2. The first-order valence-corrected chi connectivity index (χ1v) is 14.3. The monoisotopic (exact) mass is 543 g/mol. The summed E-state index contributed by atoms with van der Waals surface area (Å²) in [7, 11) is 1.64. The van der Waals surface area contributed by atoms with Gasteiger partial charge in [0.2, 0.25) is 11.8 Å². The lowest BCUT2D eigenvalue weighted by molar-refractivity contribution is -0.140. The lowest BCUT2D eigenvalue weighted by Crippen LogP contribution is -2.45. The Morgan fingerprint density at radius 3 is 2.33 bits per heavy atom. The van der Waals surface area contributed by atoms with Gasteiger partial charge in [-0.1, -0.05) is 62.4 Å². The smallest absolute Gasteiger partial charge is 0.242 e. The number of amides is 2. The minimum absolute atomic E-state index is 0.0214. The Morgan fingerprint density at radius 1 is 0.897 bits per heavy atom. The molecule has 0 aliphatic rings. The van der Waals surface area contributed by atoms with Crippen LogP contribution < -0.4 is 4.74 Å².